The number of ether oxygens (including phenoxy) is 1. The average Bonchev–Trinajstić information content (AvgIpc) is 2.66. The summed E-state index contributed by atoms with van der Waals surface area (Å²) in [6, 6.07) is 3.46. The van der Waals surface area contributed by atoms with Gasteiger partial charge in [-0.25, -0.2) is 4.98 Å². The number of hydrogen-bond acceptors (Lipinski definition) is 4. The van der Waals surface area contributed by atoms with Gasteiger partial charge in [-0.05, 0) is 18.2 Å². The molecule has 0 aliphatic carbocycles. The van der Waals surface area contributed by atoms with E-state index in [1.165, 1.54) is 0 Å². The van der Waals surface area contributed by atoms with Crippen LogP contribution in [0.15, 0.2) is 35.0 Å². The largest absolute Gasteiger partial charge is 0.473 e. The van der Waals surface area contributed by atoms with E-state index in [9.17, 15) is 4.79 Å². The SMILES string of the molecule is O=C1C2=CCOC2=Nc2ncccc21. The lowest BCUT2D eigenvalue weighted by atomic mass is 10.0. The Kier molecular flexibility index (Phi) is 1.33. The Morgan fingerprint density at radius 2 is 2.36 bits per heavy atom. The van der Waals surface area contributed by atoms with Crippen molar-refractivity contribution in [3.05, 3.63) is 35.5 Å². The van der Waals surface area contributed by atoms with E-state index in [1.54, 1.807) is 24.4 Å². The fourth-order valence-electron chi connectivity index (χ4n) is 1.56. The predicted octanol–water partition coefficient (Wildman–Crippen LogP) is 1.26. The highest BCUT2D eigenvalue weighted by Crippen LogP contribution is 2.28. The van der Waals surface area contributed by atoms with Gasteiger partial charge in [0.1, 0.15) is 6.61 Å². The van der Waals surface area contributed by atoms with Crippen LogP contribution < -0.4 is 0 Å². The van der Waals surface area contributed by atoms with E-state index < -0.39 is 0 Å². The van der Waals surface area contributed by atoms with Crippen LogP contribution in [0.2, 0.25) is 0 Å². The Morgan fingerprint density at radius 3 is 3.29 bits per heavy atom. The lowest BCUT2D eigenvalue weighted by Crippen LogP contribution is -2.16. The first kappa shape index (κ1) is 7.44. The molecule has 14 heavy (non-hydrogen) atoms. The number of carbonyl (C=O) groups excluding carboxylic acids is 1. The van der Waals surface area contributed by atoms with Gasteiger partial charge in [0, 0.05) is 6.20 Å². The highest BCUT2D eigenvalue weighted by atomic mass is 16.5. The molecule has 68 valence electrons. The zero-order valence-corrected chi connectivity index (χ0v) is 7.23. The number of carbonyl (C=O) groups is 1. The van der Waals surface area contributed by atoms with Crippen molar-refractivity contribution in [1.29, 1.82) is 0 Å². The molecule has 1 aromatic heterocycles. The van der Waals surface area contributed by atoms with Crippen molar-refractivity contribution >= 4 is 17.5 Å². The normalized spacial score (nSPS) is 17.9. The predicted molar refractivity (Wildman–Crippen MR) is 49.7 cm³/mol. The first-order chi connectivity index (χ1) is 6.86. The van der Waals surface area contributed by atoms with E-state index in [0.29, 0.717) is 29.5 Å². The van der Waals surface area contributed by atoms with E-state index in [-0.39, 0.29) is 5.78 Å². The minimum absolute atomic E-state index is 0.0457. The smallest absolute Gasteiger partial charge is 0.226 e. The van der Waals surface area contributed by atoms with Gasteiger partial charge in [0.05, 0.1) is 11.1 Å². The highest BCUT2D eigenvalue weighted by Gasteiger charge is 2.29. The van der Waals surface area contributed by atoms with Crippen molar-refractivity contribution in [3.63, 3.8) is 0 Å². The highest BCUT2D eigenvalue weighted by molar-refractivity contribution is 6.30. The lowest BCUT2D eigenvalue weighted by Gasteiger charge is -2.11. The maximum Gasteiger partial charge on any atom is 0.226 e. The van der Waals surface area contributed by atoms with Crippen molar-refractivity contribution in [2.24, 2.45) is 4.99 Å². The van der Waals surface area contributed by atoms with Gasteiger partial charge in [-0.2, -0.15) is 4.99 Å². The molecule has 0 unspecified atom stereocenters. The van der Waals surface area contributed by atoms with E-state index in [1.807, 2.05) is 0 Å². The first-order valence-electron chi connectivity index (χ1n) is 4.28. The third-order valence-electron chi connectivity index (χ3n) is 2.22. The molecule has 0 fully saturated rings. The molecule has 4 heteroatoms. The molecule has 3 heterocycles. The zero-order valence-electron chi connectivity index (χ0n) is 7.23. The zero-order chi connectivity index (χ0) is 9.54. The summed E-state index contributed by atoms with van der Waals surface area (Å²) in [6.07, 6.45) is 3.36. The summed E-state index contributed by atoms with van der Waals surface area (Å²) in [6.45, 7) is 0.424. The molecule has 0 radical (unpaired) electrons. The number of nitrogens with zero attached hydrogens (tertiary/aromatic N) is 2. The van der Waals surface area contributed by atoms with Crippen molar-refractivity contribution in [2.45, 2.75) is 0 Å². The summed E-state index contributed by atoms with van der Waals surface area (Å²) in [4.78, 5) is 20.0. The lowest BCUT2D eigenvalue weighted by molar-refractivity contribution is 0.103. The number of ketones is 1. The van der Waals surface area contributed by atoms with E-state index in [0.717, 1.165) is 0 Å². The molecule has 0 spiro atoms. The van der Waals surface area contributed by atoms with Gasteiger partial charge in [-0.1, -0.05) is 0 Å². The van der Waals surface area contributed by atoms with E-state index in [4.69, 9.17) is 4.74 Å². The Morgan fingerprint density at radius 1 is 1.43 bits per heavy atom. The molecule has 0 atom stereocenters. The van der Waals surface area contributed by atoms with Crippen LogP contribution in [-0.2, 0) is 4.74 Å². The van der Waals surface area contributed by atoms with Crippen molar-refractivity contribution in [1.82, 2.24) is 4.98 Å². The molecule has 3 rings (SSSR count). The third kappa shape index (κ3) is 0.849. The number of aliphatic imine (C=N–C) groups is 1. The average molecular weight is 186 g/mol. The van der Waals surface area contributed by atoms with Gasteiger partial charge in [0.15, 0.2) is 5.82 Å². The Hall–Kier alpha value is -1.97. The summed E-state index contributed by atoms with van der Waals surface area (Å²) < 4.78 is 5.18. The van der Waals surface area contributed by atoms with Gasteiger partial charge in [0.25, 0.3) is 0 Å². The number of aromatic nitrogens is 1. The monoisotopic (exact) mass is 186 g/mol. The van der Waals surface area contributed by atoms with Gasteiger partial charge in [0.2, 0.25) is 11.7 Å². The third-order valence-corrected chi connectivity index (χ3v) is 2.22. The molecule has 4 nitrogen and oxygen atoms in total. The molecule has 0 aromatic carbocycles. The van der Waals surface area contributed by atoms with Crippen LogP contribution in [0.5, 0.6) is 0 Å². The first-order valence-corrected chi connectivity index (χ1v) is 4.28. The number of pyridine rings is 1. The Balaban J connectivity index is 2.28. The molecule has 2 aliphatic heterocycles. The minimum atomic E-state index is -0.0457. The fraction of sp³-hybridized carbons (Fsp3) is 0.100. The number of Topliss-reactive ketones (excluding diaryl/α,β-unsaturated/α-hetero) is 1. The molecule has 0 saturated heterocycles. The topological polar surface area (TPSA) is 51.5 Å². The minimum Gasteiger partial charge on any atom is -0.473 e. The molecule has 0 bridgehead atoms. The van der Waals surface area contributed by atoms with E-state index in [2.05, 4.69) is 9.98 Å². The van der Waals surface area contributed by atoms with Crippen LogP contribution in [0.25, 0.3) is 0 Å². The number of rotatable bonds is 0. The van der Waals surface area contributed by atoms with Gasteiger partial charge < -0.3 is 4.74 Å². The second-order valence-corrected chi connectivity index (χ2v) is 3.05. The van der Waals surface area contributed by atoms with Crippen LogP contribution in [0, 0.1) is 0 Å². The van der Waals surface area contributed by atoms with Crippen molar-refractivity contribution in [3.8, 4) is 0 Å². The quantitative estimate of drug-likeness (QED) is 0.613. The molecule has 2 aliphatic rings. The number of hydrogen-bond donors (Lipinski definition) is 0. The van der Waals surface area contributed by atoms with Crippen LogP contribution in [0.4, 0.5) is 5.82 Å². The summed E-state index contributed by atoms with van der Waals surface area (Å²) in [5.74, 6) is 0.809. The Bertz CT molecular complexity index is 489. The van der Waals surface area contributed by atoms with Gasteiger partial charge in [-0.3, -0.25) is 4.79 Å². The summed E-state index contributed by atoms with van der Waals surface area (Å²) in [5, 5.41) is 0. The van der Waals surface area contributed by atoms with Crippen molar-refractivity contribution < 1.29 is 9.53 Å². The van der Waals surface area contributed by atoms with Crippen LogP contribution in [0.1, 0.15) is 10.4 Å². The Labute approximate surface area is 79.9 Å². The van der Waals surface area contributed by atoms with E-state index >= 15 is 0 Å². The fourth-order valence-corrected chi connectivity index (χ4v) is 1.56. The van der Waals surface area contributed by atoms with Crippen LogP contribution >= 0.6 is 0 Å². The summed E-state index contributed by atoms with van der Waals surface area (Å²) >= 11 is 0. The second-order valence-electron chi connectivity index (χ2n) is 3.05. The second kappa shape index (κ2) is 2.51. The molecular weight excluding hydrogens is 180 g/mol. The summed E-state index contributed by atoms with van der Waals surface area (Å²) in [5.41, 5.74) is 1.11. The summed E-state index contributed by atoms with van der Waals surface area (Å²) in [7, 11) is 0. The van der Waals surface area contributed by atoms with Crippen molar-refractivity contribution in [2.75, 3.05) is 6.61 Å². The van der Waals surface area contributed by atoms with Gasteiger partial charge >= 0.3 is 0 Å². The molecule has 0 amide bonds. The number of fused-ring (bicyclic) bond motifs is 2. The maximum atomic E-state index is 11.8. The maximum absolute atomic E-state index is 11.8. The molecular formula is C10H6N2O2. The molecule has 1 aromatic rings. The van der Waals surface area contributed by atoms with Gasteiger partial charge in [-0.15, -0.1) is 0 Å². The van der Waals surface area contributed by atoms with Crippen LogP contribution in [-0.4, -0.2) is 23.3 Å². The standard InChI is InChI=1S/C10H6N2O2/c13-8-6-2-1-4-11-9(6)12-10-7(8)3-5-14-10/h1-4H,5H2. The molecule has 0 N–H and O–H groups in total. The molecule has 0 saturated carbocycles. The van der Waals surface area contributed by atoms with Crippen LogP contribution in [0.3, 0.4) is 0 Å².